The summed E-state index contributed by atoms with van der Waals surface area (Å²) in [6.07, 6.45) is 0.791. The van der Waals surface area contributed by atoms with Gasteiger partial charge in [0.05, 0.1) is 5.69 Å². The topological polar surface area (TPSA) is 43.8 Å². The van der Waals surface area contributed by atoms with Gasteiger partial charge in [0.1, 0.15) is 10.4 Å². The van der Waals surface area contributed by atoms with Crippen LogP contribution in [0, 0.1) is 0 Å². The molecule has 1 aromatic heterocycles. The first-order valence-electron chi connectivity index (χ1n) is 6.56. The summed E-state index contributed by atoms with van der Waals surface area (Å²) < 4.78 is 3.00. The fourth-order valence-corrected chi connectivity index (χ4v) is 2.90. The van der Waals surface area contributed by atoms with Gasteiger partial charge in [0, 0.05) is 19.0 Å². The summed E-state index contributed by atoms with van der Waals surface area (Å²) in [5.74, 6) is 1.56. The maximum atomic E-state index is 5.61. The lowest BCUT2D eigenvalue weighted by Gasteiger charge is -2.09. The van der Waals surface area contributed by atoms with Crippen molar-refractivity contribution in [3.8, 4) is 11.3 Å². The van der Waals surface area contributed by atoms with Gasteiger partial charge in [-0.3, -0.25) is 0 Å². The molecule has 0 fully saturated rings. The highest BCUT2D eigenvalue weighted by atomic mass is 79.9. The van der Waals surface area contributed by atoms with E-state index in [1.165, 1.54) is 11.1 Å². The van der Waals surface area contributed by atoms with Gasteiger partial charge in [-0.15, -0.1) is 0 Å². The molecule has 19 heavy (non-hydrogen) atoms. The van der Waals surface area contributed by atoms with E-state index in [0.29, 0.717) is 12.5 Å². The number of rotatable bonds is 4. The zero-order valence-electron chi connectivity index (χ0n) is 11.7. The largest absolute Gasteiger partial charge is 0.330 e. The van der Waals surface area contributed by atoms with Crippen molar-refractivity contribution in [2.24, 2.45) is 12.8 Å². The van der Waals surface area contributed by atoms with Crippen molar-refractivity contribution in [2.75, 3.05) is 6.54 Å². The molecule has 0 saturated carbocycles. The molecule has 2 aromatic rings. The predicted octanol–water partition coefficient (Wildman–Crippen LogP) is 3.47. The molecule has 2 rings (SSSR count). The van der Waals surface area contributed by atoms with Gasteiger partial charge in [0.15, 0.2) is 0 Å². The zero-order valence-corrected chi connectivity index (χ0v) is 13.2. The first-order chi connectivity index (χ1) is 9.04. The van der Waals surface area contributed by atoms with Crippen molar-refractivity contribution in [3.05, 3.63) is 40.3 Å². The monoisotopic (exact) mass is 321 g/mol. The first kappa shape index (κ1) is 14.3. The second-order valence-electron chi connectivity index (χ2n) is 5.04. The molecule has 0 atom stereocenters. The van der Waals surface area contributed by atoms with E-state index in [1.807, 2.05) is 7.05 Å². The second kappa shape index (κ2) is 5.88. The zero-order chi connectivity index (χ0) is 14.0. The second-order valence-corrected chi connectivity index (χ2v) is 5.79. The Labute approximate surface area is 123 Å². The third-order valence-corrected chi connectivity index (χ3v) is 3.92. The van der Waals surface area contributed by atoms with Crippen molar-refractivity contribution in [1.82, 2.24) is 9.55 Å². The van der Waals surface area contributed by atoms with E-state index in [0.717, 1.165) is 22.5 Å². The van der Waals surface area contributed by atoms with Crippen LogP contribution in [0.1, 0.15) is 31.2 Å². The Morgan fingerprint density at radius 2 is 1.89 bits per heavy atom. The van der Waals surface area contributed by atoms with Crippen LogP contribution in [-0.4, -0.2) is 16.1 Å². The molecule has 0 aliphatic carbocycles. The highest BCUT2D eigenvalue weighted by molar-refractivity contribution is 9.10. The van der Waals surface area contributed by atoms with Crippen molar-refractivity contribution in [2.45, 2.75) is 26.2 Å². The molecule has 1 heterocycles. The van der Waals surface area contributed by atoms with Crippen LogP contribution in [0.4, 0.5) is 0 Å². The Bertz CT molecular complexity index is 556. The number of nitrogens with zero attached hydrogens (tertiary/aromatic N) is 2. The van der Waals surface area contributed by atoms with Gasteiger partial charge in [-0.25, -0.2) is 4.98 Å². The van der Waals surface area contributed by atoms with Crippen LogP contribution in [0.15, 0.2) is 28.9 Å². The number of halogens is 1. The Morgan fingerprint density at radius 1 is 1.26 bits per heavy atom. The summed E-state index contributed by atoms with van der Waals surface area (Å²) in [5, 5.41) is 0. The minimum atomic E-state index is 0.553. The third-order valence-electron chi connectivity index (χ3n) is 3.36. The van der Waals surface area contributed by atoms with Crippen molar-refractivity contribution in [3.63, 3.8) is 0 Å². The van der Waals surface area contributed by atoms with Gasteiger partial charge < -0.3 is 10.3 Å². The van der Waals surface area contributed by atoms with E-state index in [1.54, 1.807) is 0 Å². The minimum Gasteiger partial charge on any atom is -0.330 e. The molecule has 0 bridgehead atoms. The smallest absolute Gasteiger partial charge is 0.132 e. The minimum absolute atomic E-state index is 0.553. The summed E-state index contributed by atoms with van der Waals surface area (Å²) in [7, 11) is 2.04. The Kier molecular flexibility index (Phi) is 4.42. The third kappa shape index (κ3) is 2.90. The van der Waals surface area contributed by atoms with Crippen LogP contribution in [0.3, 0.4) is 0 Å². The number of hydrogen-bond acceptors (Lipinski definition) is 2. The average Bonchev–Trinajstić information content (AvgIpc) is 2.65. The quantitative estimate of drug-likeness (QED) is 0.937. The molecule has 1 aromatic carbocycles. The van der Waals surface area contributed by atoms with E-state index >= 15 is 0 Å². The molecular weight excluding hydrogens is 302 g/mol. The normalized spacial score (nSPS) is 11.3. The fraction of sp³-hybridized carbons (Fsp3) is 0.400. The van der Waals surface area contributed by atoms with Gasteiger partial charge in [0.2, 0.25) is 0 Å². The lowest BCUT2D eigenvalue weighted by Crippen LogP contribution is -2.08. The van der Waals surface area contributed by atoms with Crippen molar-refractivity contribution < 1.29 is 0 Å². The average molecular weight is 322 g/mol. The molecule has 3 nitrogen and oxygen atoms in total. The SMILES string of the molecule is CC(C)c1ccc(-c2c(Br)nc(CCN)n2C)cc1. The molecule has 0 unspecified atom stereocenters. The summed E-state index contributed by atoms with van der Waals surface area (Å²) in [6, 6.07) is 8.68. The van der Waals surface area contributed by atoms with E-state index in [-0.39, 0.29) is 0 Å². The van der Waals surface area contributed by atoms with Gasteiger partial charge in [-0.1, -0.05) is 38.1 Å². The molecule has 2 N–H and O–H groups in total. The van der Waals surface area contributed by atoms with Crippen molar-refractivity contribution in [1.29, 1.82) is 0 Å². The van der Waals surface area contributed by atoms with Crippen LogP contribution in [0.25, 0.3) is 11.3 Å². The molecule has 0 saturated heterocycles. The summed E-state index contributed by atoms with van der Waals surface area (Å²) in [6.45, 7) is 5.02. The summed E-state index contributed by atoms with van der Waals surface area (Å²) in [5.41, 5.74) is 9.25. The van der Waals surface area contributed by atoms with Gasteiger partial charge in [-0.05, 0) is 34.0 Å². The number of benzene rings is 1. The number of imidazole rings is 1. The van der Waals surface area contributed by atoms with Crippen LogP contribution in [-0.2, 0) is 13.5 Å². The van der Waals surface area contributed by atoms with Crippen LogP contribution >= 0.6 is 15.9 Å². The summed E-state index contributed by atoms with van der Waals surface area (Å²) >= 11 is 3.55. The molecule has 0 spiro atoms. The fourth-order valence-electron chi connectivity index (χ4n) is 2.20. The van der Waals surface area contributed by atoms with Crippen molar-refractivity contribution >= 4 is 15.9 Å². The van der Waals surface area contributed by atoms with E-state index < -0.39 is 0 Å². The highest BCUT2D eigenvalue weighted by Gasteiger charge is 2.14. The lowest BCUT2D eigenvalue weighted by molar-refractivity contribution is 0.782. The first-order valence-corrected chi connectivity index (χ1v) is 7.35. The molecule has 0 radical (unpaired) electrons. The van der Waals surface area contributed by atoms with E-state index in [9.17, 15) is 0 Å². The summed E-state index contributed by atoms with van der Waals surface area (Å²) in [4.78, 5) is 4.53. The number of hydrogen-bond donors (Lipinski definition) is 1. The van der Waals surface area contributed by atoms with Gasteiger partial charge >= 0.3 is 0 Å². The van der Waals surface area contributed by atoms with Gasteiger partial charge in [0.25, 0.3) is 0 Å². The maximum absolute atomic E-state index is 5.61. The lowest BCUT2D eigenvalue weighted by atomic mass is 10.0. The standard InChI is InChI=1S/C15H20BrN3/c1-10(2)11-4-6-12(7-5-11)14-15(16)18-13(8-9-17)19(14)3/h4-7,10H,8-9,17H2,1-3H3. The predicted molar refractivity (Wildman–Crippen MR) is 83.2 cm³/mol. The Hall–Kier alpha value is -1.13. The molecule has 0 amide bonds. The van der Waals surface area contributed by atoms with Crippen LogP contribution in [0.2, 0.25) is 0 Å². The molecule has 0 aliphatic rings. The number of nitrogens with two attached hydrogens (primary N) is 1. The Morgan fingerprint density at radius 3 is 2.42 bits per heavy atom. The van der Waals surface area contributed by atoms with E-state index in [2.05, 4.69) is 63.6 Å². The Balaban J connectivity index is 2.41. The number of aromatic nitrogens is 2. The van der Waals surface area contributed by atoms with Gasteiger partial charge in [-0.2, -0.15) is 0 Å². The van der Waals surface area contributed by atoms with Crippen LogP contribution < -0.4 is 5.73 Å². The maximum Gasteiger partial charge on any atom is 0.132 e. The molecule has 4 heteroatoms. The molecule has 102 valence electrons. The van der Waals surface area contributed by atoms with E-state index in [4.69, 9.17) is 5.73 Å². The van der Waals surface area contributed by atoms with Crippen LogP contribution in [0.5, 0.6) is 0 Å². The molecule has 0 aliphatic heterocycles. The molecular formula is C15H20BrN3. The highest BCUT2D eigenvalue weighted by Crippen LogP contribution is 2.29.